The van der Waals surface area contributed by atoms with Gasteiger partial charge in [0.15, 0.2) is 0 Å². The second-order valence-corrected chi connectivity index (χ2v) is 5.14. The van der Waals surface area contributed by atoms with Gasteiger partial charge in [-0.1, -0.05) is 13.8 Å². The number of nitrogens with two attached hydrogens (primary N) is 1. The quantitative estimate of drug-likeness (QED) is 0.758. The summed E-state index contributed by atoms with van der Waals surface area (Å²) in [5.74, 6) is 0.350. The number of carbonyl (C=O) groups excluding carboxylic acids is 1. The Kier molecular flexibility index (Phi) is 4.14. The van der Waals surface area contributed by atoms with E-state index in [1.807, 2.05) is 18.7 Å². The first-order valence-electron chi connectivity index (χ1n) is 6.03. The lowest BCUT2D eigenvalue weighted by Gasteiger charge is -2.41. The molecule has 0 aromatic carbocycles. The zero-order valence-corrected chi connectivity index (χ0v) is 10.4. The molecule has 1 aliphatic rings. The van der Waals surface area contributed by atoms with E-state index >= 15 is 0 Å². The molecule has 0 aliphatic carbocycles. The van der Waals surface area contributed by atoms with Crippen molar-refractivity contribution in [3.63, 3.8) is 0 Å². The van der Waals surface area contributed by atoms with E-state index in [-0.39, 0.29) is 17.9 Å². The minimum atomic E-state index is -0.340. The zero-order valence-electron chi connectivity index (χ0n) is 10.4. The number of likely N-dealkylation sites (tertiary alicyclic amines) is 1. The van der Waals surface area contributed by atoms with E-state index in [1.54, 1.807) is 0 Å². The highest BCUT2D eigenvalue weighted by atomic mass is 16.2. The number of nitrogens with zero attached hydrogens (tertiary/aromatic N) is 1. The standard InChI is InChI=1S/C12H24N2O/c1-8(2)11(13)12(15)14-9(3)6-5-7-10(14)4/h8-11H,5-7,13H2,1-4H3/t9-,10+,11-/m1/s1. The van der Waals surface area contributed by atoms with Crippen LogP contribution in [0, 0.1) is 5.92 Å². The third-order valence-electron chi connectivity index (χ3n) is 3.45. The van der Waals surface area contributed by atoms with E-state index in [4.69, 9.17) is 5.73 Å². The normalized spacial score (nSPS) is 29.3. The second kappa shape index (κ2) is 4.97. The zero-order chi connectivity index (χ0) is 11.6. The van der Waals surface area contributed by atoms with Crippen molar-refractivity contribution in [1.82, 2.24) is 4.90 Å². The summed E-state index contributed by atoms with van der Waals surface area (Å²) in [4.78, 5) is 14.2. The summed E-state index contributed by atoms with van der Waals surface area (Å²) in [5.41, 5.74) is 5.92. The molecule has 0 bridgehead atoms. The fourth-order valence-electron chi connectivity index (χ4n) is 2.31. The Balaban J connectivity index is 2.71. The van der Waals surface area contributed by atoms with Crippen molar-refractivity contribution < 1.29 is 4.79 Å². The van der Waals surface area contributed by atoms with E-state index in [1.165, 1.54) is 6.42 Å². The van der Waals surface area contributed by atoms with Crippen LogP contribution in [0.5, 0.6) is 0 Å². The van der Waals surface area contributed by atoms with Crippen LogP contribution in [-0.2, 0) is 4.79 Å². The Hall–Kier alpha value is -0.570. The minimum Gasteiger partial charge on any atom is -0.336 e. The van der Waals surface area contributed by atoms with E-state index < -0.39 is 0 Å². The Morgan fingerprint density at radius 2 is 1.73 bits per heavy atom. The Morgan fingerprint density at radius 1 is 1.27 bits per heavy atom. The van der Waals surface area contributed by atoms with Crippen LogP contribution >= 0.6 is 0 Å². The van der Waals surface area contributed by atoms with Crippen LogP contribution < -0.4 is 5.73 Å². The van der Waals surface area contributed by atoms with Gasteiger partial charge in [-0.2, -0.15) is 0 Å². The number of carbonyl (C=O) groups is 1. The molecular weight excluding hydrogens is 188 g/mol. The molecule has 1 heterocycles. The molecule has 15 heavy (non-hydrogen) atoms. The molecule has 0 radical (unpaired) electrons. The fourth-order valence-corrected chi connectivity index (χ4v) is 2.31. The predicted octanol–water partition coefficient (Wildman–Crippen LogP) is 1.76. The molecule has 2 N–H and O–H groups in total. The number of rotatable bonds is 2. The van der Waals surface area contributed by atoms with Crippen molar-refractivity contribution in [2.75, 3.05) is 0 Å². The average molecular weight is 212 g/mol. The van der Waals surface area contributed by atoms with E-state index in [9.17, 15) is 4.79 Å². The van der Waals surface area contributed by atoms with E-state index in [0.29, 0.717) is 12.1 Å². The number of amides is 1. The molecule has 0 aromatic heterocycles. The maximum atomic E-state index is 12.2. The molecule has 0 unspecified atom stereocenters. The smallest absolute Gasteiger partial charge is 0.240 e. The molecule has 1 amide bonds. The fraction of sp³-hybridized carbons (Fsp3) is 0.917. The van der Waals surface area contributed by atoms with Crippen LogP contribution in [0.25, 0.3) is 0 Å². The van der Waals surface area contributed by atoms with Gasteiger partial charge in [0, 0.05) is 12.1 Å². The molecule has 88 valence electrons. The number of hydrogen-bond donors (Lipinski definition) is 1. The lowest BCUT2D eigenvalue weighted by molar-refractivity contribution is -0.139. The summed E-state index contributed by atoms with van der Waals surface area (Å²) in [5, 5.41) is 0. The Labute approximate surface area is 93.0 Å². The first kappa shape index (κ1) is 12.5. The largest absolute Gasteiger partial charge is 0.336 e. The SMILES string of the molecule is CC(C)[C@@H](N)C(=O)N1[C@H](C)CCC[C@@H]1C. The predicted molar refractivity (Wildman–Crippen MR) is 62.4 cm³/mol. The van der Waals surface area contributed by atoms with Crippen molar-refractivity contribution in [2.24, 2.45) is 11.7 Å². The topological polar surface area (TPSA) is 46.3 Å². The van der Waals surface area contributed by atoms with Crippen molar-refractivity contribution in [2.45, 2.75) is 65.1 Å². The van der Waals surface area contributed by atoms with Gasteiger partial charge in [-0.25, -0.2) is 0 Å². The van der Waals surface area contributed by atoms with Gasteiger partial charge in [0.1, 0.15) is 0 Å². The van der Waals surface area contributed by atoms with Crippen molar-refractivity contribution in [1.29, 1.82) is 0 Å². The summed E-state index contributed by atoms with van der Waals surface area (Å²) < 4.78 is 0. The van der Waals surface area contributed by atoms with Crippen LogP contribution in [0.15, 0.2) is 0 Å². The van der Waals surface area contributed by atoms with E-state index in [0.717, 1.165) is 12.8 Å². The van der Waals surface area contributed by atoms with Gasteiger partial charge in [0.2, 0.25) is 5.91 Å². The van der Waals surface area contributed by atoms with Crippen LogP contribution in [0.3, 0.4) is 0 Å². The van der Waals surface area contributed by atoms with Crippen molar-refractivity contribution in [3.05, 3.63) is 0 Å². The number of hydrogen-bond acceptors (Lipinski definition) is 2. The van der Waals surface area contributed by atoms with Crippen molar-refractivity contribution in [3.8, 4) is 0 Å². The van der Waals surface area contributed by atoms with Gasteiger partial charge in [-0.15, -0.1) is 0 Å². The first-order valence-corrected chi connectivity index (χ1v) is 6.03. The van der Waals surface area contributed by atoms with Gasteiger partial charge in [-0.3, -0.25) is 4.79 Å². The van der Waals surface area contributed by atoms with Crippen LogP contribution in [0.1, 0.15) is 47.0 Å². The molecule has 1 aliphatic heterocycles. The van der Waals surface area contributed by atoms with Gasteiger partial charge < -0.3 is 10.6 Å². The van der Waals surface area contributed by atoms with Crippen LogP contribution in [0.2, 0.25) is 0 Å². The number of piperidine rings is 1. The molecule has 0 spiro atoms. The molecule has 3 heteroatoms. The first-order chi connectivity index (χ1) is 6.95. The van der Waals surface area contributed by atoms with Crippen LogP contribution in [0.4, 0.5) is 0 Å². The highest BCUT2D eigenvalue weighted by Crippen LogP contribution is 2.23. The maximum Gasteiger partial charge on any atom is 0.240 e. The summed E-state index contributed by atoms with van der Waals surface area (Å²) in [7, 11) is 0. The maximum absolute atomic E-state index is 12.2. The molecule has 1 saturated heterocycles. The molecule has 0 aromatic rings. The lowest BCUT2D eigenvalue weighted by Crippen LogP contribution is -2.54. The third-order valence-corrected chi connectivity index (χ3v) is 3.45. The average Bonchev–Trinajstić information content (AvgIpc) is 2.15. The molecule has 1 rings (SSSR count). The molecular formula is C12H24N2O. The van der Waals surface area contributed by atoms with Gasteiger partial charge in [0.25, 0.3) is 0 Å². The molecule has 3 atom stereocenters. The minimum absolute atomic E-state index is 0.129. The van der Waals surface area contributed by atoms with Crippen molar-refractivity contribution >= 4 is 5.91 Å². The van der Waals surface area contributed by atoms with Crippen LogP contribution in [-0.4, -0.2) is 28.9 Å². The summed E-state index contributed by atoms with van der Waals surface area (Å²) in [6.07, 6.45) is 3.45. The monoisotopic (exact) mass is 212 g/mol. The van der Waals surface area contributed by atoms with Gasteiger partial charge >= 0.3 is 0 Å². The molecule has 1 fully saturated rings. The second-order valence-electron chi connectivity index (χ2n) is 5.14. The van der Waals surface area contributed by atoms with E-state index in [2.05, 4.69) is 13.8 Å². The molecule has 0 saturated carbocycles. The highest BCUT2D eigenvalue weighted by Gasteiger charge is 2.32. The van der Waals surface area contributed by atoms with Gasteiger partial charge in [-0.05, 0) is 39.0 Å². The highest BCUT2D eigenvalue weighted by molar-refractivity contribution is 5.82. The van der Waals surface area contributed by atoms with Gasteiger partial charge in [0.05, 0.1) is 6.04 Å². The summed E-state index contributed by atoms with van der Waals surface area (Å²) >= 11 is 0. The Bertz CT molecular complexity index is 218. The third kappa shape index (κ3) is 2.71. The summed E-state index contributed by atoms with van der Waals surface area (Å²) in [6, 6.07) is 0.366. The molecule has 3 nitrogen and oxygen atoms in total. The Morgan fingerprint density at radius 3 is 2.13 bits per heavy atom. The lowest BCUT2D eigenvalue weighted by atomic mass is 9.94. The summed E-state index contributed by atoms with van der Waals surface area (Å²) in [6.45, 7) is 8.25.